The number of carbonyl (C=O) groups is 3. The van der Waals surface area contributed by atoms with E-state index in [2.05, 4.69) is 15.8 Å². The van der Waals surface area contributed by atoms with E-state index < -0.39 is 17.9 Å². The molecule has 194 valence electrons. The Kier molecular flexibility index (Phi) is 8.58. The first-order valence-corrected chi connectivity index (χ1v) is 12.5. The van der Waals surface area contributed by atoms with E-state index >= 15 is 0 Å². The maximum Gasteiger partial charge on any atom is 0.262 e. The van der Waals surface area contributed by atoms with E-state index in [0.29, 0.717) is 36.9 Å². The van der Waals surface area contributed by atoms with E-state index in [9.17, 15) is 14.4 Å². The van der Waals surface area contributed by atoms with Gasteiger partial charge in [-0.3, -0.25) is 14.4 Å². The molecule has 37 heavy (non-hydrogen) atoms. The van der Waals surface area contributed by atoms with Crippen molar-refractivity contribution < 1.29 is 19.1 Å². The summed E-state index contributed by atoms with van der Waals surface area (Å²) in [6, 6.07) is 13.4. The van der Waals surface area contributed by atoms with Gasteiger partial charge < -0.3 is 19.5 Å². The Morgan fingerprint density at radius 2 is 1.86 bits per heavy atom. The van der Waals surface area contributed by atoms with Crippen LogP contribution in [-0.4, -0.2) is 65.7 Å². The topological polar surface area (TPSA) is 105 Å². The van der Waals surface area contributed by atoms with Crippen LogP contribution in [0.5, 0.6) is 0 Å². The summed E-state index contributed by atoms with van der Waals surface area (Å²) in [6.45, 7) is 6.15. The molecule has 0 aliphatic carbocycles. The fourth-order valence-electron chi connectivity index (χ4n) is 4.19. The minimum absolute atomic E-state index is 0.0241. The highest BCUT2D eigenvalue weighted by Gasteiger charge is 2.25. The van der Waals surface area contributed by atoms with Crippen molar-refractivity contribution in [1.29, 1.82) is 0 Å². The molecule has 1 aliphatic rings. The van der Waals surface area contributed by atoms with Crippen LogP contribution < -0.4 is 10.7 Å². The molecule has 3 amide bonds. The zero-order valence-corrected chi connectivity index (χ0v) is 21.6. The van der Waals surface area contributed by atoms with Crippen LogP contribution >= 0.6 is 11.6 Å². The van der Waals surface area contributed by atoms with Crippen molar-refractivity contribution in [3.05, 3.63) is 70.9 Å². The maximum absolute atomic E-state index is 12.9. The van der Waals surface area contributed by atoms with E-state index in [1.54, 1.807) is 35.4 Å². The van der Waals surface area contributed by atoms with Gasteiger partial charge in [-0.05, 0) is 30.2 Å². The molecule has 0 saturated carbocycles. The van der Waals surface area contributed by atoms with Crippen molar-refractivity contribution in [2.75, 3.05) is 26.3 Å². The first-order chi connectivity index (χ1) is 17.8. The van der Waals surface area contributed by atoms with Gasteiger partial charge >= 0.3 is 0 Å². The van der Waals surface area contributed by atoms with Crippen LogP contribution in [0.2, 0.25) is 5.02 Å². The van der Waals surface area contributed by atoms with E-state index in [4.69, 9.17) is 16.3 Å². The first kappa shape index (κ1) is 26.4. The third-order valence-electron chi connectivity index (χ3n) is 6.19. The van der Waals surface area contributed by atoms with Crippen LogP contribution in [0.15, 0.2) is 59.8 Å². The number of hydrazone groups is 1. The molecule has 1 fully saturated rings. The molecule has 2 heterocycles. The molecule has 1 aromatic heterocycles. The van der Waals surface area contributed by atoms with E-state index in [1.165, 1.54) is 0 Å². The summed E-state index contributed by atoms with van der Waals surface area (Å²) in [5.41, 5.74) is 4.56. The van der Waals surface area contributed by atoms with E-state index in [-0.39, 0.29) is 18.4 Å². The number of hydrogen-bond donors (Lipinski definition) is 2. The Morgan fingerprint density at radius 3 is 2.59 bits per heavy atom. The molecular formula is C27H30ClN5O4. The predicted molar refractivity (Wildman–Crippen MR) is 143 cm³/mol. The van der Waals surface area contributed by atoms with Crippen LogP contribution in [0.25, 0.3) is 10.9 Å². The molecule has 3 aromatic rings. The lowest BCUT2D eigenvalue weighted by Crippen LogP contribution is -2.48. The molecule has 1 atom stereocenters. The third-order valence-corrected chi connectivity index (χ3v) is 6.42. The summed E-state index contributed by atoms with van der Waals surface area (Å²) < 4.78 is 7.22. The minimum Gasteiger partial charge on any atom is -0.378 e. The number of amides is 3. The quantitative estimate of drug-likeness (QED) is 0.350. The van der Waals surface area contributed by atoms with Crippen LogP contribution in [0.4, 0.5) is 0 Å². The highest BCUT2D eigenvalue weighted by molar-refractivity contribution is 6.31. The second kappa shape index (κ2) is 12.0. The van der Waals surface area contributed by atoms with Gasteiger partial charge in [-0.2, -0.15) is 5.10 Å². The lowest BCUT2D eigenvalue weighted by Gasteiger charge is -2.27. The molecule has 1 aliphatic heterocycles. The summed E-state index contributed by atoms with van der Waals surface area (Å²) in [7, 11) is 0. The molecule has 9 nitrogen and oxygen atoms in total. The number of fused-ring (bicyclic) bond motifs is 1. The number of benzene rings is 2. The van der Waals surface area contributed by atoms with Crippen molar-refractivity contribution in [2.24, 2.45) is 11.0 Å². The molecule has 1 unspecified atom stereocenters. The van der Waals surface area contributed by atoms with Gasteiger partial charge in [-0.15, -0.1) is 0 Å². The van der Waals surface area contributed by atoms with Gasteiger partial charge in [0.25, 0.3) is 11.8 Å². The number of hydrogen-bond acceptors (Lipinski definition) is 5. The van der Waals surface area contributed by atoms with Crippen molar-refractivity contribution in [3.63, 3.8) is 0 Å². The smallest absolute Gasteiger partial charge is 0.262 e. The summed E-state index contributed by atoms with van der Waals surface area (Å²) in [6.07, 6.45) is 3.39. The van der Waals surface area contributed by atoms with Crippen LogP contribution in [-0.2, 0) is 20.9 Å². The zero-order valence-electron chi connectivity index (χ0n) is 20.8. The number of nitrogens with zero attached hydrogens (tertiary/aromatic N) is 3. The van der Waals surface area contributed by atoms with E-state index in [1.807, 2.05) is 48.9 Å². The number of rotatable bonds is 8. The standard InChI is InChI=1S/C27H30ClN5O4/c1-18(2)25(30-26(35)19-6-5-7-21(28)14-19)27(36)31-29-15-20-16-33(23-9-4-3-8-22(20)23)17-24(34)32-10-12-37-13-11-32/h3-9,14-16,18,25H,10-13,17H2,1-2H3,(H,30,35)(H,31,36). The highest BCUT2D eigenvalue weighted by atomic mass is 35.5. The molecule has 10 heteroatoms. The second-order valence-corrected chi connectivity index (χ2v) is 9.60. The summed E-state index contributed by atoms with van der Waals surface area (Å²) in [4.78, 5) is 40.1. The highest BCUT2D eigenvalue weighted by Crippen LogP contribution is 2.20. The second-order valence-electron chi connectivity index (χ2n) is 9.16. The van der Waals surface area contributed by atoms with Crippen LogP contribution in [0.1, 0.15) is 29.8 Å². The fourth-order valence-corrected chi connectivity index (χ4v) is 4.38. The van der Waals surface area contributed by atoms with Crippen LogP contribution in [0, 0.1) is 5.92 Å². The van der Waals surface area contributed by atoms with Crippen molar-refractivity contribution in [1.82, 2.24) is 20.2 Å². The summed E-state index contributed by atoms with van der Waals surface area (Å²) in [5.74, 6) is -0.983. The molecule has 1 saturated heterocycles. The summed E-state index contributed by atoms with van der Waals surface area (Å²) in [5, 5.41) is 8.25. The van der Waals surface area contributed by atoms with Gasteiger partial charge in [-0.25, -0.2) is 5.43 Å². The average Bonchev–Trinajstić information content (AvgIpc) is 3.24. The number of aromatic nitrogens is 1. The largest absolute Gasteiger partial charge is 0.378 e. The SMILES string of the molecule is CC(C)C(NC(=O)c1cccc(Cl)c1)C(=O)NN=Cc1cn(CC(=O)N2CCOCC2)c2ccccc12. The summed E-state index contributed by atoms with van der Waals surface area (Å²) >= 11 is 5.98. The van der Waals surface area contributed by atoms with Crippen LogP contribution in [0.3, 0.4) is 0 Å². The lowest BCUT2D eigenvalue weighted by molar-refractivity contribution is -0.135. The van der Waals surface area contributed by atoms with Gasteiger partial charge in [-0.1, -0.05) is 49.7 Å². The van der Waals surface area contributed by atoms with Crippen molar-refractivity contribution in [3.8, 4) is 0 Å². The lowest BCUT2D eigenvalue weighted by atomic mass is 10.0. The Balaban J connectivity index is 1.45. The Hall–Kier alpha value is -3.69. The zero-order chi connectivity index (χ0) is 26.4. The van der Waals surface area contributed by atoms with Gasteiger partial charge in [0.15, 0.2) is 0 Å². The minimum atomic E-state index is -0.795. The molecule has 4 rings (SSSR count). The Labute approximate surface area is 220 Å². The van der Waals surface area contributed by atoms with Gasteiger partial charge in [0.1, 0.15) is 12.6 Å². The maximum atomic E-state index is 12.9. The first-order valence-electron chi connectivity index (χ1n) is 12.2. The molecule has 0 bridgehead atoms. The third kappa shape index (κ3) is 6.55. The fraction of sp³-hybridized carbons (Fsp3) is 0.333. The van der Waals surface area contributed by atoms with Crippen molar-refractivity contribution in [2.45, 2.75) is 26.4 Å². The average molecular weight is 524 g/mol. The van der Waals surface area contributed by atoms with Gasteiger partial charge in [0.2, 0.25) is 5.91 Å². The molecular weight excluding hydrogens is 494 g/mol. The Morgan fingerprint density at radius 1 is 1.11 bits per heavy atom. The predicted octanol–water partition coefficient (Wildman–Crippen LogP) is 3.06. The number of nitrogens with one attached hydrogen (secondary N) is 2. The van der Waals surface area contributed by atoms with E-state index in [0.717, 1.165) is 16.5 Å². The monoisotopic (exact) mass is 523 g/mol. The molecule has 2 aromatic carbocycles. The number of carbonyl (C=O) groups excluding carboxylic acids is 3. The molecule has 0 spiro atoms. The number of halogens is 1. The van der Waals surface area contributed by atoms with Crippen molar-refractivity contribution >= 4 is 46.4 Å². The normalized spacial score (nSPS) is 14.8. The molecule has 0 radical (unpaired) electrons. The molecule has 2 N–H and O–H groups in total. The van der Waals surface area contributed by atoms with Gasteiger partial charge in [0, 0.05) is 46.3 Å². The number of morpholine rings is 1. The Bertz CT molecular complexity index is 1310. The van der Waals surface area contributed by atoms with Gasteiger partial charge in [0.05, 0.1) is 19.4 Å². The number of para-hydroxylation sites is 1. The number of ether oxygens (including phenoxy) is 1.